The Balaban J connectivity index is 1.28. The Hall–Kier alpha value is -5.86. The first-order chi connectivity index (χ1) is 28.0. The van der Waals surface area contributed by atoms with E-state index in [0.29, 0.717) is 0 Å². The second kappa shape index (κ2) is 13.7. The summed E-state index contributed by atoms with van der Waals surface area (Å²) >= 11 is 0. The minimum Gasteiger partial charge on any atom is -0.372 e. The first-order valence-corrected chi connectivity index (χ1v) is 21.4. The third-order valence-corrected chi connectivity index (χ3v) is 13.7. The summed E-state index contributed by atoms with van der Waals surface area (Å²) in [6, 6.07) is 56.1. The van der Waals surface area contributed by atoms with Crippen molar-refractivity contribution in [2.75, 3.05) is 36.0 Å². The van der Waals surface area contributed by atoms with Gasteiger partial charge in [-0.2, -0.15) is 0 Å². The van der Waals surface area contributed by atoms with E-state index in [2.05, 4.69) is 169 Å². The molecule has 2 heteroatoms. The summed E-state index contributed by atoms with van der Waals surface area (Å²) in [5.41, 5.74) is 16.0. The van der Waals surface area contributed by atoms with Crippen LogP contribution in [0.2, 0.25) is 0 Å². The molecule has 2 heterocycles. The number of anilines is 2. The van der Waals surface area contributed by atoms with Crippen molar-refractivity contribution >= 4 is 43.7 Å². The largest absolute Gasteiger partial charge is 0.372 e. The Kier molecular flexibility index (Phi) is 8.24. The lowest BCUT2D eigenvalue weighted by atomic mass is 9.79. The van der Waals surface area contributed by atoms with E-state index in [4.69, 9.17) is 0 Å². The molecule has 8 aromatic carbocycles. The van der Waals surface area contributed by atoms with Crippen LogP contribution in [0.15, 0.2) is 146 Å². The molecule has 280 valence electrons. The Morgan fingerprint density at radius 3 is 1.67 bits per heavy atom. The highest BCUT2D eigenvalue weighted by atomic mass is 15.1. The molecular weight excluding hydrogens is 689 g/mol. The zero-order chi connectivity index (χ0) is 38.1. The Morgan fingerprint density at radius 1 is 0.368 bits per heavy atom. The van der Waals surface area contributed by atoms with Gasteiger partial charge in [-0.3, -0.25) is 0 Å². The van der Waals surface area contributed by atoms with Crippen LogP contribution in [0.3, 0.4) is 0 Å². The van der Waals surface area contributed by atoms with E-state index >= 15 is 0 Å². The lowest BCUT2D eigenvalue weighted by Crippen LogP contribution is -2.29. The number of fused-ring (bicyclic) bond motifs is 6. The van der Waals surface area contributed by atoms with E-state index in [0.717, 1.165) is 26.2 Å². The molecule has 2 saturated heterocycles. The first-order valence-electron chi connectivity index (χ1n) is 21.4. The molecule has 0 N–H and O–H groups in total. The van der Waals surface area contributed by atoms with E-state index in [1.165, 1.54) is 138 Å². The maximum absolute atomic E-state index is 2.63. The molecule has 0 amide bonds. The summed E-state index contributed by atoms with van der Waals surface area (Å²) in [7, 11) is 0. The van der Waals surface area contributed by atoms with Crippen LogP contribution in [0.4, 0.5) is 11.4 Å². The summed E-state index contributed by atoms with van der Waals surface area (Å²) in [6.45, 7) is 9.28. The third kappa shape index (κ3) is 5.59. The average molecular weight is 739 g/mol. The van der Waals surface area contributed by atoms with Gasteiger partial charge in [0.25, 0.3) is 0 Å². The van der Waals surface area contributed by atoms with Gasteiger partial charge in [0.15, 0.2) is 0 Å². The maximum Gasteiger partial charge on any atom is 0.0372 e. The Labute approximate surface area is 337 Å². The van der Waals surface area contributed by atoms with E-state index in [1.54, 1.807) is 0 Å². The van der Waals surface area contributed by atoms with Gasteiger partial charge in [-0.1, -0.05) is 129 Å². The molecule has 0 bridgehead atoms. The van der Waals surface area contributed by atoms with Gasteiger partial charge in [0.1, 0.15) is 0 Å². The fraction of sp³-hybridized carbons (Fsp3) is 0.236. The van der Waals surface area contributed by atoms with Gasteiger partial charge in [0.2, 0.25) is 0 Å². The molecule has 2 fully saturated rings. The molecule has 0 aromatic heterocycles. The third-order valence-electron chi connectivity index (χ3n) is 13.7. The molecule has 11 rings (SSSR count). The second-order valence-electron chi connectivity index (χ2n) is 17.3. The topological polar surface area (TPSA) is 6.48 Å². The maximum atomic E-state index is 2.63. The van der Waals surface area contributed by atoms with Gasteiger partial charge in [-0.15, -0.1) is 0 Å². The minimum atomic E-state index is -0.0819. The summed E-state index contributed by atoms with van der Waals surface area (Å²) in [5, 5.41) is 7.90. The molecule has 2 nitrogen and oxygen atoms in total. The molecule has 1 aliphatic carbocycles. The second-order valence-corrected chi connectivity index (χ2v) is 17.3. The Morgan fingerprint density at radius 2 is 0.947 bits per heavy atom. The van der Waals surface area contributed by atoms with Crippen molar-refractivity contribution in [3.05, 3.63) is 157 Å². The molecule has 57 heavy (non-hydrogen) atoms. The number of nitrogens with zero attached hydrogens (tertiary/aromatic N) is 2. The molecule has 0 radical (unpaired) electrons. The van der Waals surface area contributed by atoms with E-state index in [1.807, 2.05) is 0 Å². The van der Waals surface area contributed by atoms with Crippen LogP contribution in [0, 0.1) is 0 Å². The molecule has 2 aliphatic heterocycles. The lowest BCUT2D eigenvalue weighted by molar-refractivity contribution is 0.578. The molecule has 8 aromatic rings. The molecule has 0 atom stereocenters. The quantitative estimate of drug-likeness (QED) is 0.162. The van der Waals surface area contributed by atoms with Crippen molar-refractivity contribution in [2.45, 2.75) is 57.8 Å². The van der Waals surface area contributed by atoms with Crippen molar-refractivity contribution in [2.24, 2.45) is 0 Å². The number of benzene rings is 8. The summed E-state index contributed by atoms with van der Waals surface area (Å²) in [6.07, 6.45) is 7.65. The fourth-order valence-electron chi connectivity index (χ4n) is 10.7. The van der Waals surface area contributed by atoms with Crippen molar-refractivity contribution in [3.8, 4) is 44.5 Å². The van der Waals surface area contributed by atoms with E-state index < -0.39 is 0 Å². The summed E-state index contributed by atoms with van der Waals surface area (Å²) in [4.78, 5) is 5.26. The van der Waals surface area contributed by atoms with Crippen LogP contribution >= 0.6 is 0 Å². The lowest BCUT2D eigenvalue weighted by Gasteiger charge is -2.31. The minimum absolute atomic E-state index is 0.0819. The monoisotopic (exact) mass is 738 g/mol. The molecule has 0 spiro atoms. The molecule has 3 aliphatic rings. The average Bonchev–Trinajstić information content (AvgIpc) is 3.51. The smallest absolute Gasteiger partial charge is 0.0372 e. The number of hydrogen-bond acceptors (Lipinski definition) is 2. The highest BCUT2D eigenvalue weighted by molar-refractivity contribution is 6.26. The zero-order valence-corrected chi connectivity index (χ0v) is 33.3. The standard InChI is InChI=1S/C55H50N2/c1-55(2)50-21-11-10-20-44(50)45-27-23-39(34-51(45)55)52-46-28-24-41(57-32-14-5-15-33-57)36-49(46)54(47-29-25-40(35-48(47)52)56-30-12-4-13-31-56)53-42-19-9-8-18-38(42)22-26-43(53)37-16-6-3-7-17-37/h3,6-11,16-29,34-36H,4-5,12-15,30-33H2,1-2H3. The zero-order valence-electron chi connectivity index (χ0n) is 33.3. The Bertz CT molecular complexity index is 2830. The normalized spacial score (nSPS) is 16.3. The predicted octanol–water partition coefficient (Wildman–Crippen LogP) is 14.4. The van der Waals surface area contributed by atoms with Crippen LogP contribution in [0.5, 0.6) is 0 Å². The fourth-order valence-corrected chi connectivity index (χ4v) is 10.7. The molecule has 0 saturated carbocycles. The first kappa shape index (κ1) is 34.4. The highest BCUT2D eigenvalue weighted by Gasteiger charge is 2.35. The van der Waals surface area contributed by atoms with Crippen LogP contribution < -0.4 is 9.80 Å². The van der Waals surface area contributed by atoms with Gasteiger partial charge in [0.05, 0.1) is 0 Å². The van der Waals surface area contributed by atoms with Gasteiger partial charge in [-0.25, -0.2) is 0 Å². The van der Waals surface area contributed by atoms with Gasteiger partial charge >= 0.3 is 0 Å². The molecule has 0 unspecified atom stereocenters. The van der Waals surface area contributed by atoms with Crippen molar-refractivity contribution in [1.29, 1.82) is 0 Å². The van der Waals surface area contributed by atoms with Crippen molar-refractivity contribution in [3.63, 3.8) is 0 Å². The van der Waals surface area contributed by atoms with Crippen molar-refractivity contribution < 1.29 is 0 Å². The molecular formula is C55H50N2. The van der Waals surface area contributed by atoms with Crippen LogP contribution in [-0.4, -0.2) is 26.2 Å². The van der Waals surface area contributed by atoms with E-state index in [9.17, 15) is 0 Å². The number of rotatable bonds is 5. The van der Waals surface area contributed by atoms with Crippen LogP contribution in [-0.2, 0) is 5.41 Å². The van der Waals surface area contributed by atoms with Gasteiger partial charge < -0.3 is 9.80 Å². The van der Waals surface area contributed by atoms with Crippen LogP contribution in [0.25, 0.3) is 76.8 Å². The number of piperidine rings is 2. The van der Waals surface area contributed by atoms with Gasteiger partial charge in [-0.05, 0) is 157 Å². The van der Waals surface area contributed by atoms with Crippen LogP contribution in [0.1, 0.15) is 63.5 Å². The van der Waals surface area contributed by atoms with E-state index in [-0.39, 0.29) is 5.41 Å². The van der Waals surface area contributed by atoms with Gasteiger partial charge in [0, 0.05) is 43.0 Å². The summed E-state index contributed by atoms with van der Waals surface area (Å²) < 4.78 is 0. The number of hydrogen-bond donors (Lipinski definition) is 0. The summed E-state index contributed by atoms with van der Waals surface area (Å²) in [5.74, 6) is 0. The highest BCUT2D eigenvalue weighted by Crippen LogP contribution is 2.53. The SMILES string of the molecule is CC1(C)c2ccccc2-c2ccc(-c3c4cc(N5CCCCC5)ccc4c(-c4c(-c5ccccc5)ccc5ccccc45)c4cc(N5CCCCC5)ccc34)cc21. The van der Waals surface area contributed by atoms with Crippen molar-refractivity contribution in [1.82, 2.24) is 0 Å². The predicted molar refractivity (Wildman–Crippen MR) is 245 cm³/mol.